The Kier molecular flexibility index (Phi) is 6.24. The summed E-state index contributed by atoms with van der Waals surface area (Å²) in [7, 11) is 1.56. The molecule has 1 aliphatic heterocycles. The van der Waals surface area contributed by atoms with E-state index in [9.17, 15) is 14.0 Å². The molecular formula is C20H23FN2O4. The van der Waals surface area contributed by atoms with E-state index in [0.29, 0.717) is 31.8 Å². The summed E-state index contributed by atoms with van der Waals surface area (Å²) in [4.78, 5) is 27.1. The van der Waals surface area contributed by atoms with E-state index in [1.165, 1.54) is 12.1 Å². The molecule has 1 fully saturated rings. The van der Waals surface area contributed by atoms with Crippen LogP contribution in [0.1, 0.15) is 30.2 Å². The first-order chi connectivity index (χ1) is 13.1. The van der Waals surface area contributed by atoms with Gasteiger partial charge in [0.15, 0.2) is 0 Å². The van der Waals surface area contributed by atoms with Crippen molar-refractivity contribution in [2.24, 2.45) is 5.92 Å². The van der Waals surface area contributed by atoms with Crippen LogP contribution < -0.4 is 5.32 Å². The molecule has 2 heterocycles. The van der Waals surface area contributed by atoms with E-state index < -0.39 is 12.0 Å². The Morgan fingerprint density at radius 1 is 1.33 bits per heavy atom. The summed E-state index contributed by atoms with van der Waals surface area (Å²) in [6.07, 6.45) is 2.28. The zero-order chi connectivity index (χ0) is 19.2. The lowest BCUT2D eigenvalue weighted by molar-refractivity contribution is -0.144. The van der Waals surface area contributed by atoms with Crippen molar-refractivity contribution in [2.45, 2.75) is 25.4 Å². The smallest absolute Gasteiger partial charge is 0.225 e. The molecule has 1 N–H and O–H groups in total. The number of piperidine rings is 1. The van der Waals surface area contributed by atoms with Gasteiger partial charge in [0, 0.05) is 20.1 Å². The number of likely N-dealkylation sites (tertiary alicyclic amines) is 1. The molecule has 2 aromatic rings. The van der Waals surface area contributed by atoms with Crippen molar-refractivity contribution in [3.05, 3.63) is 59.8 Å². The average molecular weight is 374 g/mol. The SMILES string of the molecule is COCCN1C(=O)CCC(C(=O)NCc2ccco2)C1c1ccc(F)cc1. The van der Waals surface area contributed by atoms with E-state index in [-0.39, 0.29) is 24.2 Å². The average Bonchev–Trinajstić information content (AvgIpc) is 3.19. The van der Waals surface area contributed by atoms with Gasteiger partial charge in [-0.2, -0.15) is 0 Å². The molecule has 0 saturated carbocycles. The lowest BCUT2D eigenvalue weighted by Crippen LogP contribution is -2.49. The summed E-state index contributed by atoms with van der Waals surface area (Å²) < 4.78 is 23.7. The first-order valence-corrected chi connectivity index (χ1v) is 8.94. The van der Waals surface area contributed by atoms with E-state index in [1.54, 1.807) is 42.5 Å². The van der Waals surface area contributed by atoms with Crippen molar-refractivity contribution in [1.29, 1.82) is 0 Å². The lowest BCUT2D eigenvalue weighted by Gasteiger charge is -2.40. The number of hydrogen-bond acceptors (Lipinski definition) is 4. The summed E-state index contributed by atoms with van der Waals surface area (Å²) in [5.74, 6) is -0.319. The van der Waals surface area contributed by atoms with Gasteiger partial charge in [-0.05, 0) is 36.2 Å². The van der Waals surface area contributed by atoms with Crippen LogP contribution in [0.4, 0.5) is 4.39 Å². The number of benzene rings is 1. The Bertz CT molecular complexity index is 761. The molecule has 27 heavy (non-hydrogen) atoms. The molecule has 7 heteroatoms. The topological polar surface area (TPSA) is 71.8 Å². The third-order valence-corrected chi connectivity index (χ3v) is 4.81. The van der Waals surface area contributed by atoms with Crippen LogP contribution in [-0.2, 0) is 20.9 Å². The number of halogens is 1. The third-order valence-electron chi connectivity index (χ3n) is 4.81. The monoisotopic (exact) mass is 374 g/mol. The first kappa shape index (κ1) is 19.1. The zero-order valence-electron chi connectivity index (χ0n) is 15.2. The fourth-order valence-electron chi connectivity index (χ4n) is 3.47. The van der Waals surface area contributed by atoms with Crippen molar-refractivity contribution in [1.82, 2.24) is 10.2 Å². The van der Waals surface area contributed by atoms with Gasteiger partial charge in [0.05, 0.1) is 31.4 Å². The maximum Gasteiger partial charge on any atom is 0.225 e. The lowest BCUT2D eigenvalue weighted by atomic mass is 9.83. The van der Waals surface area contributed by atoms with E-state index in [2.05, 4.69) is 5.32 Å². The number of nitrogens with one attached hydrogen (secondary N) is 1. The molecule has 144 valence electrons. The Hall–Kier alpha value is -2.67. The predicted molar refractivity (Wildman–Crippen MR) is 96.0 cm³/mol. The molecule has 2 amide bonds. The molecule has 1 aromatic carbocycles. The second-order valence-electron chi connectivity index (χ2n) is 6.52. The summed E-state index contributed by atoms with van der Waals surface area (Å²) >= 11 is 0. The summed E-state index contributed by atoms with van der Waals surface area (Å²) in [6.45, 7) is 1.02. The quantitative estimate of drug-likeness (QED) is 0.809. The molecule has 0 radical (unpaired) electrons. The number of nitrogens with zero attached hydrogens (tertiary/aromatic N) is 1. The predicted octanol–water partition coefficient (Wildman–Crippen LogP) is 2.66. The molecule has 2 atom stereocenters. The highest BCUT2D eigenvalue weighted by Crippen LogP contribution is 2.37. The normalized spacial score (nSPS) is 19.9. The highest BCUT2D eigenvalue weighted by atomic mass is 19.1. The number of hydrogen-bond donors (Lipinski definition) is 1. The minimum atomic E-state index is -0.460. The number of carbonyl (C=O) groups is 2. The minimum Gasteiger partial charge on any atom is -0.467 e. The van der Waals surface area contributed by atoms with Crippen LogP contribution in [0.3, 0.4) is 0 Å². The Morgan fingerprint density at radius 2 is 2.11 bits per heavy atom. The van der Waals surface area contributed by atoms with Crippen LogP contribution in [-0.4, -0.2) is 37.0 Å². The van der Waals surface area contributed by atoms with Crippen molar-refractivity contribution in [3.63, 3.8) is 0 Å². The molecule has 1 saturated heterocycles. The Morgan fingerprint density at radius 3 is 2.78 bits per heavy atom. The first-order valence-electron chi connectivity index (χ1n) is 8.94. The van der Waals surface area contributed by atoms with Gasteiger partial charge in [0.25, 0.3) is 0 Å². The molecular weight excluding hydrogens is 351 g/mol. The number of rotatable bonds is 7. The molecule has 6 nitrogen and oxygen atoms in total. The van der Waals surface area contributed by atoms with Crippen molar-refractivity contribution < 1.29 is 23.1 Å². The number of amides is 2. The Balaban J connectivity index is 1.83. The van der Waals surface area contributed by atoms with Crippen molar-refractivity contribution in [2.75, 3.05) is 20.3 Å². The van der Waals surface area contributed by atoms with Gasteiger partial charge in [-0.1, -0.05) is 12.1 Å². The summed E-state index contributed by atoms with van der Waals surface area (Å²) in [5.41, 5.74) is 0.735. The van der Waals surface area contributed by atoms with Gasteiger partial charge in [-0.15, -0.1) is 0 Å². The largest absolute Gasteiger partial charge is 0.467 e. The van der Waals surface area contributed by atoms with Crippen LogP contribution >= 0.6 is 0 Å². The van der Waals surface area contributed by atoms with Crippen LogP contribution in [0, 0.1) is 11.7 Å². The van der Waals surface area contributed by atoms with Gasteiger partial charge < -0.3 is 19.4 Å². The highest BCUT2D eigenvalue weighted by molar-refractivity contribution is 5.85. The third kappa shape index (κ3) is 4.54. The van der Waals surface area contributed by atoms with E-state index in [0.717, 1.165) is 5.56 Å². The van der Waals surface area contributed by atoms with Crippen LogP contribution in [0.15, 0.2) is 47.1 Å². The van der Waals surface area contributed by atoms with Crippen LogP contribution in [0.2, 0.25) is 0 Å². The molecule has 0 aliphatic carbocycles. The number of methoxy groups -OCH3 is 1. The van der Waals surface area contributed by atoms with E-state index in [4.69, 9.17) is 9.15 Å². The zero-order valence-corrected chi connectivity index (χ0v) is 15.2. The molecule has 1 aromatic heterocycles. The maximum atomic E-state index is 13.4. The van der Waals surface area contributed by atoms with Crippen molar-refractivity contribution >= 4 is 11.8 Å². The van der Waals surface area contributed by atoms with Gasteiger partial charge >= 0.3 is 0 Å². The van der Waals surface area contributed by atoms with Crippen LogP contribution in [0.5, 0.6) is 0 Å². The minimum absolute atomic E-state index is 0.0311. The van der Waals surface area contributed by atoms with Gasteiger partial charge in [0.2, 0.25) is 11.8 Å². The fraction of sp³-hybridized carbons (Fsp3) is 0.400. The van der Waals surface area contributed by atoms with Crippen LogP contribution in [0.25, 0.3) is 0 Å². The fourth-order valence-corrected chi connectivity index (χ4v) is 3.47. The van der Waals surface area contributed by atoms with E-state index >= 15 is 0 Å². The summed E-state index contributed by atoms with van der Waals surface area (Å²) in [6, 6.07) is 9.04. The number of ether oxygens (including phenoxy) is 1. The Labute approximate surface area is 157 Å². The number of carbonyl (C=O) groups excluding carboxylic acids is 2. The van der Waals surface area contributed by atoms with Crippen molar-refractivity contribution in [3.8, 4) is 0 Å². The molecule has 2 unspecified atom stereocenters. The van der Waals surface area contributed by atoms with Gasteiger partial charge in [0.1, 0.15) is 11.6 Å². The number of furan rings is 1. The molecule has 0 bridgehead atoms. The van der Waals surface area contributed by atoms with Gasteiger partial charge in [-0.25, -0.2) is 4.39 Å². The van der Waals surface area contributed by atoms with E-state index in [1.807, 2.05) is 0 Å². The molecule has 0 spiro atoms. The molecule has 3 rings (SSSR count). The maximum absolute atomic E-state index is 13.4. The molecule has 1 aliphatic rings. The second-order valence-corrected chi connectivity index (χ2v) is 6.52. The second kappa shape index (κ2) is 8.81. The summed E-state index contributed by atoms with van der Waals surface area (Å²) in [5, 5.41) is 2.88. The van der Waals surface area contributed by atoms with Gasteiger partial charge in [-0.3, -0.25) is 9.59 Å². The highest BCUT2D eigenvalue weighted by Gasteiger charge is 2.40. The standard InChI is InChI=1S/C20H23FN2O4/c1-26-12-10-23-18(24)9-8-17(19(23)14-4-6-15(21)7-5-14)20(25)22-13-16-3-2-11-27-16/h2-7,11,17,19H,8-10,12-13H2,1H3,(H,22,25).